The van der Waals surface area contributed by atoms with E-state index in [9.17, 15) is 18.0 Å². The van der Waals surface area contributed by atoms with Crippen molar-refractivity contribution >= 4 is 17.3 Å². The van der Waals surface area contributed by atoms with Crippen molar-refractivity contribution in [2.75, 3.05) is 11.9 Å². The number of nitrogens with one attached hydrogen (secondary N) is 2. The second-order valence-electron chi connectivity index (χ2n) is 5.82. The summed E-state index contributed by atoms with van der Waals surface area (Å²) in [7, 11) is 0. The van der Waals surface area contributed by atoms with Crippen LogP contribution in [0.5, 0.6) is 0 Å². The van der Waals surface area contributed by atoms with Crippen molar-refractivity contribution in [1.29, 1.82) is 0 Å². The number of amides is 1. The number of benzene rings is 2. The van der Waals surface area contributed by atoms with Crippen molar-refractivity contribution in [2.24, 2.45) is 0 Å². The number of para-hydroxylation sites is 1. The number of pyridine rings is 1. The fourth-order valence-corrected chi connectivity index (χ4v) is 2.47. The van der Waals surface area contributed by atoms with E-state index in [4.69, 9.17) is 0 Å². The maximum Gasteiger partial charge on any atom is 0.252 e. The van der Waals surface area contributed by atoms with Gasteiger partial charge in [0, 0.05) is 12.7 Å². The van der Waals surface area contributed by atoms with Crippen LogP contribution in [0.25, 0.3) is 0 Å². The molecule has 3 aromatic rings. The Morgan fingerprint density at radius 3 is 2.37 bits per heavy atom. The van der Waals surface area contributed by atoms with E-state index in [1.165, 1.54) is 36.7 Å². The number of aromatic nitrogens is 1. The lowest BCUT2D eigenvalue weighted by molar-refractivity contribution is 0.0954. The van der Waals surface area contributed by atoms with Gasteiger partial charge in [0.25, 0.3) is 5.91 Å². The molecule has 0 aliphatic rings. The largest absolute Gasteiger partial charge is 0.352 e. The molecule has 1 heterocycles. The Balaban J connectivity index is 1.62. The maximum absolute atomic E-state index is 13.7. The standard InChI is InChI=1S/C20H16F3N3O/c21-15-6-4-13(5-7-15)8-9-25-20(27)14-10-16(12-24-11-14)26-19-17(22)2-1-3-18(19)23/h1-7,10-12,26H,8-9H2,(H,25,27). The van der Waals surface area contributed by atoms with Gasteiger partial charge in [-0.15, -0.1) is 0 Å². The van der Waals surface area contributed by atoms with Crippen LogP contribution in [0.15, 0.2) is 60.9 Å². The highest BCUT2D eigenvalue weighted by Crippen LogP contribution is 2.23. The highest BCUT2D eigenvalue weighted by atomic mass is 19.1. The molecule has 0 atom stereocenters. The van der Waals surface area contributed by atoms with Gasteiger partial charge in [-0.1, -0.05) is 18.2 Å². The predicted molar refractivity (Wildman–Crippen MR) is 96.3 cm³/mol. The van der Waals surface area contributed by atoms with Gasteiger partial charge in [0.15, 0.2) is 0 Å². The zero-order valence-electron chi connectivity index (χ0n) is 14.2. The molecule has 0 aliphatic heterocycles. The van der Waals surface area contributed by atoms with Gasteiger partial charge in [-0.05, 0) is 42.3 Å². The first-order valence-corrected chi connectivity index (χ1v) is 8.21. The van der Waals surface area contributed by atoms with Crippen LogP contribution in [0.3, 0.4) is 0 Å². The summed E-state index contributed by atoms with van der Waals surface area (Å²) in [5.74, 6) is -2.18. The van der Waals surface area contributed by atoms with E-state index in [1.54, 1.807) is 12.1 Å². The van der Waals surface area contributed by atoms with Crippen LogP contribution in [0.2, 0.25) is 0 Å². The molecule has 0 aliphatic carbocycles. The summed E-state index contributed by atoms with van der Waals surface area (Å²) in [6.07, 6.45) is 3.26. The summed E-state index contributed by atoms with van der Waals surface area (Å²) in [5, 5.41) is 5.32. The Morgan fingerprint density at radius 2 is 1.67 bits per heavy atom. The molecule has 27 heavy (non-hydrogen) atoms. The number of carbonyl (C=O) groups is 1. The Morgan fingerprint density at radius 1 is 0.963 bits per heavy atom. The molecule has 1 amide bonds. The van der Waals surface area contributed by atoms with Gasteiger partial charge in [-0.25, -0.2) is 13.2 Å². The lowest BCUT2D eigenvalue weighted by Crippen LogP contribution is -2.25. The first-order chi connectivity index (χ1) is 13.0. The fraction of sp³-hybridized carbons (Fsp3) is 0.100. The summed E-state index contributed by atoms with van der Waals surface area (Å²) in [6, 6.07) is 11.0. The minimum absolute atomic E-state index is 0.246. The summed E-state index contributed by atoms with van der Waals surface area (Å²) in [4.78, 5) is 16.2. The lowest BCUT2D eigenvalue weighted by atomic mass is 10.1. The van der Waals surface area contributed by atoms with E-state index in [0.717, 1.165) is 17.7 Å². The quantitative estimate of drug-likeness (QED) is 0.682. The molecule has 0 fully saturated rings. The number of nitrogens with zero attached hydrogens (tertiary/aromatic N) is 1. The van der Waals surface area contributed by atoms with Crippen molar-refractivity contribution in [3.8, 4) is 0 Å². The summed E-state index contributed by atoms with van der Waals surface area (Å²) in [5.41, 5.74) is 1.11. The minimum Gasteiger partial charge on any atom is -0.352 e. The van der Waals surface area contributed by atoms with Gasteiger partial charge in [0.2, 0.25) is 0 Å². The van der Waals surface area contributed by atoms with Gasteiger partial charge < -0.3 is 10.6 Å². The summed E-state index contributed by atoms with van der Waals surface area (Å²) in [6.45, 7) is 0.351. The molecule has 2 aromatic carbocycles. The fourth-order valence-electron chi connectivity index (χ4n) is 2.47. The van der Waals surface area contributed by atoms with Crippen LogP contribution in [0.4, 0.5) is 24.5 Å². The van der Waals surface area contributed by atoms with Crippen LogP contribution in [0.1, 0.15) is 15.9 Å². The highest BCUT2D eigenvalue weighted by Gasteiger charge is 2.11. The number of hydrogen-bond acceptors (Lipinski definition) is 3. The average molecular weight is 371 g/mol. The Kier molecular flexibility index (Phi) is 5.71. The Labute approximate surface area is 154 Å². The SMILES string of the molecule is O=C(NCCc1ccc(F)cc1)c1cncc(Nc2c(F)cccc2F)c1. The number of halogens is 3. The Bertz CT molecular complexity index is 925. The van der Waals surface area contributed by atoms with E-state index >= 15 is 0 Å². The zero-order chi connectivity index (χ0) is 19.2. The van der Waals surface area contributed by atoms with Gasteiger partial charge in [0.1, 0.15) is 23.1 Å². The summed E-state index contributed by atoms with van der Waals surface area (Å²) < 4.78 is 40.3. The highest BCUT2D eigenvalue weighted by molar-refractivity contribution is 5.94. The van der Waals surface area contributed by atoms with E-state index in [2.05, 4.69) is 15.6 Å². The molecular formula is C20H16F3N3O. The molecule has 0 radical (unpaired) electrons. The van der Waals surface area contributed by atoms with Crippen LogP contribution < -0.4 is 10.6 Å². The number of hydrogen-bond donors (Lipinski definition) is 2. The summed E-state index contributed by atoms with van der Waals surface area (Å²) >= 11 is 0. The van der Waals surface area contributed by atoms with Crippen molar-refractivity contribution in [3.05, 3.63) is 89.5 Å². The second kappa shape index (κ2) is 8.35. The molecule has 0 unspecified atom stereocenters. The third-order valence-electron chi connectivity index (χ3n) is 3.85. The third kappa shape index (κ3) is 4.84. The molecule has 1 aromatic heterocycles. The maximum atomic E-state index is 13.7. The van der Waals surface area contributed by atoms with E-state index in [-0.39, 0.29) is 28.7 Å². The van der Waals surface area contributed by atoms with Gasteiger partial charge in [0.05, 0.1) is 17.4 Å². The number of anilines is 2. The molecule has 0 saturated heterocycles. The van der Waals surface area contributed by atoms with Crippen molar-refractivity contribution in [3.63, 3.8) is 0 Å². The van der Waals surface area contributed by atoms with E-state index in [1.807, 2.05) is 0 Å². The molecule has 7 heteroatoms. The smallest absolute Gasteiger partial charge is 0.252 e. The van der Waals surface area contributed by atoms with Crippen LogP contribution in [0, 0.1) is 17.5 Å². The van der Waals surface area contributed by atoms with Crippen molar-refractivity contribution < 1.29 is 18.0 Å². The monoisotopic (exact) mass is 371 g/mol. The average Bonchev–Trinajstić information content (AvgIpc) is 2.66. The predicted octanol–water partition coefficient (Wildman–Crippen LogP) is 4.22. The van der Waals surface area contributed by atoms with Crippen LogP contribution >= 0.6 is 0 Å². The topological polar surface area (TPSA) is 54.0 Å². The normalized spacial score (nSPS) is 10.5. The van der Waals surface area contributed by atoms with Crippen LogP contribution in [-0.4, -0.2) is 17.4 Å². The molecule has 0 saturated carbocycles. The van der Waals surface area contributed by atoms with Gasteiger partial charge in [-0.3, -0.25) is 9.78 Å². The lowest BCUT2D eigenvalue weighted by Gasteiger charge is -2.10. The first kappa shape index (κ1) is 18.4. The second-order valence-corrected chi connectivity index (χ2v) is 5.82. The molecule has 2 N–H and O–H groups in total. The molecule has 0 spiro atoms. The third-order valence-corrected chi connectivity index (χ3v) is 3.85. The molecular weight excluding hydrogens is 355 g/mol. The number of carbonyl (C=O) groups excluding carboxylic acids is 1. The van der Waals surface area contributed by atoms with Gasteiger partial charge in [-0.2, -0.15) is 0 Å². The van der Waals surface area contributed by atoms with E-state index < -0.39 is 11.6 Å². The van der Waals surface area contributed by atoms with E-state index in [0.29, 0.717) is 13.0 Å². The first-order valence-electron chi connectivity index (χ1n) is 8.21. The Hall–Kier alpha value is -3.35. The molecule has 3 rings (SSSR count). The minimum atomic E-state index is -0.746. The van der Waals surface area contributed by atoms with Crippen molar-refractivity contribution in [2.45, 2.75) is 6.42 Å². The van der Waals surface area contributed by atoms with Crippen molar-refractivity contribution in [1.82, 2.24) is 10.3 Å². The molecule has 138 valence electrons. The van der Waals surface area contributed by atoms with Crippen LogP contribution in [-0.2, 0) is 6.42 Å². The molecule has 0 bridgehead atoms. The van der Waals surface area contributed by atoms with Gasteiger partial charge >= 0.3 is 0 Å². The number of rotatable bonds is 6. The molecule has 4 nitrogen and oxygen atoms in total. The zero-order valence-corrected chi connectivity index (χ0v) is 14.2.